The molecule has 1 saturated heterocycles. The Kier molecular flexibility index (Phi) is 4.29. The minimum Gasteiger partial charge on any atom is -0.311 e. The number of piperazine rings is 1. The predicted octanol–water partition coefficient (Wildman–Crippen LogP) is 3.44. The van der Waals surface area contributed by atoms with E-state index in [1.165, 1.54) is 18.9 Å². The average molecular weight is 297 g/mol. The molecular formula is C16H22ClFN2. The van der Waals surface area contributed by atoms with Crippen LogP contribution < -0.4 is 5.32 Å². The van der Waals surface area contributed by atoms with Crippen molar-refractivity contribution >= 4 is 11.6 Å². The van der Waals surface area contributed by atoms with Gasteiger partial charge in [0.1, 0.15) is 5.82 Å². The van der Waals surface area contributed by atoms with Crippen LogP contribution in [0.3, 0.4) is 0 Å². The molecule has 1 aromatic carbocycles. The van der Waals surface area contributed by atoms with Gasteiger partial charge in [-0.25, -0.2) is 4.39 Å². The Labute approximate surface area is 125 Å². The van der Waals surface area contributed by atoms with E-state index >= 15 is 0 Å². The summed E-state index contributed by atoms with van der Waals surface area (Å²) in [6.07, 6.45) is 3.79. The summed E-state index contributed by atoms with van der Waals surface area (Å²) in [6, 6.07) is 6.24. The van der Waals surface area contributed by atoms with Crippen LogP contribution in [0.2, 0.25) is 5.02 Å². The van der Waals surface area contributed by atoms with E-state index in [1.54, 1.807) is 6.07 Å². The molecule has 110 valence electrons. The maximum Gasteiger partial charge on any atom is 0.142 e. The summed E-state index contributed by atoms with van der Waals surface area (Å²) in [4.78, 5) is 2.50. The van der Waals surface area contributed by atoms with E-state index in [9.17, 15) is 4.39 Å². The summed E-state index contributed by atoms with van der Waals surface area (Å²) >= 11 is 6.11. The molecule has 1 aliphatic heterocycles. The molecule has 0 radical (unpaired) electrons. The topological polar surface area (TPSA) is 15.3 Å². The summed E-state index contributed by atoms with van der Waals surface area (Å²) < 4.78 is 13.6. The van der Waals surface area contributed by atoms with Crippen molar-refractivity contribution in [1.29, 1.82) is 0 Å². The number of rotatable bonds is 4. The first-order chi connectivity index (χ1) is 9.69. The molecule has 4 heteroatoms. The van der Waals surface area contributed by atoms with Crippen molar-refractivity contribution in [2.45, 2.75) is 44.8 Å². The SMILES string of the molecule is CCC1CN(Cc2cccc(F)c2Cl)C(C2CC2)CN1. The van der Waals surface area contributed by atoms with Crippen molar-refractivity contribution < 1.29 is 4.39 Å². The third-order valence-electron chi connectivity index (χ3n) is 4.60. The molecule has 1 aliphatic carbocycles. The van der Waals surface area contributed by atoms with Gasteiger partial charge >= 0.3 is 0 Å². The Morgan fingerprint density at radius 2 is 2.20 bits per heavy atom. The molecule has 2 atom stereocenters. The van der Waals surface area contributed by atoms with E-state index in [0.29, 0.717) is 12.1 Å². The van der Waals surface area contributed by atoms with Crippen LogP contribution in [-0.2, 0) is 6.54 Å². The summed E-state index contributed by atoms with van der Waals surface area (Å²) in [6.45, 7) is 5.05. The van der Waals surface area contributed by atoms with E-state index in [4.69, 9.17) is 11.6 Å². The van der Waals surface area contributed by atoms with Gasteiger partial charge < -0.3 is 5.32 Å². The zero-order valence-corrected chi connectivity index (χ0v) is 12.7. The molecule has 2 nitrogen and oxygen atoms in total. The first kappa shape index (κ1) is 14.3. The van der Waals surface area contributed by atoms with Crippen LogP contribution in [-0.4, -0.2) is 30.1 Å². The van der Waals surface area contributed by atoms with Gasteiger partial charge in [0.05, 0.1) is 5.02 Å². The molecule has 2 unspecified atom stereocenters. The van der Waals surface area contributed by atoms with Gasteiger partial charge in [-0.3, -0.25) is 4.90 Å². The fraction of sp³-hybridized carbons (Fsp3) is 0.625. The first-order valence-electron chi connectivity index (χ1n) is 7.59. The summed E-state index contributed by atoms with van der Waals surface area (Å²) in [5, 5.41) is 3.92. The molecule has 0 bridgehead atoms. The fourth-order valence-corrected chi connectivity index (χ4v) is 3.38. The lowest BCUT2D eigenvalue weighted by atomic mass is 10.0. The van der Waals surface area contributed by atoms with Gasteiger partial charge in [0, 0.05) is 31.7 Å². The van der Waals surface area contributed by atoms with Crippen molar-refractivity contribution in [3.63, 3.8) is 0 Å². The van der Waals surface area contributed by atoms with Crippen molar-refractivity contribution in [2.75, 3.05) is 13.1 Å². The third-order valence-corrected chi connectivity index (χ3v) is 5.03. The molecule has 1 saturated carbocycles. The van der Waals surface area contributed by atoms with Crippen molar-refractivity contribution in [2.24, 2.45) is 5.92 Å². The minimum absolute atomic E-state index is 0.286. The number of nitrogens with zero attached hydrogens (tertiary/aromatic N) is 1. The van der Waals surface area contributed by atoms with Crippen molar-refractivity contribution in [3.05, 3.63) is 34.6 Å². The van der Waals surface area contributed by atoms with Crippen LogP contribution in [0.4, 0.5) is 4.39 Å². The molecule has 2 aliphatic rings. The largest absolute Gasteiger partial charge is 0.311 e. The van der Waals surface area contributed by atoms with Crippen LogP contribution in [0.25, 0.3) is 0 Å². The molecule has 0 aromatic heterocycles. The van der Waals surface area contributed by atoms with Crippen LogP contribution >= 0.6 is 11.6 Å². The van der Waals surface area contributed by atoms with Gasteiger partial charge in [-0.05, 0) is 36.8 Å². The molecule has 3 rings (SSSR count). The highest BCUT2D eigenvalue weighted by atomic mass is 35.5. The molecule has 2 fully saturated rings. The second-order valence-electron chi connectivity index (χ2n) is 6.06. The van der Waals surface area contributed by atoms with E-state index in [1.807, 2.05) is 6.07 Å². The van der Waals surface area contributed by atoms with E-state index < -0.39 is 0 Å². The zero-order valence-electron chi connectivity index (χ0n) is 11.9. The lowest BCUT2D eigenvalue weighted by Gasteiger charge is -2.40. The van der Waals surface area contributed by atoms with Gasteiger partial charge in [-0.2, -0.15) is 0 Å². The Hall–Kier alpha value is -0.640. The Morgan fingerprint density at radius 3 is 2.90 bits per heavy atom. The number of benzene rings is 1. The summed E-state index contributed by atoms with van der Waals surface area (Å²) in [7, 11) is 0. The smallest absolute Gasteiger partial charge is 0.142 e. The fourth-order valence-electron chi connectivity index (χ4n) is 3.19. The van der Waals surface area contributed by atoms with Crippen LogP contribution in [0.15, 0.2) is 18.2 Å². The predicted molar refractivity (Wildman–Crippen MR) is 80.4 cm³/mol. The third kappa shape index (κ3) is 3.00. The lowest BCUT2D eigenvalue weighted by Crippen LogP contribution is -2.56. The van der Waals surface area contributed by atoms with Crippen LogP contribution in [0.1, 0.15) is 31.7 Å². The van der Waals surface area contributed by atoms with Gasteiger partial charge in [0.2, 0.25) is 0 Å². The molecule has 0 amide bonds. The van der Waals surface area contributed by atoms with E-state index in [0.717, 1.165) is 37.5 Å². The molecule has 1 aromatic rings. The monoisotopic (exact) mass is 296 g/mol. The highest BCUT2D eigenvalue weighted by Gasteiger charge is 2.38. The summed E-state index contributed by atoms with van der Waals surface area (Å²) in [5.74, 6) is 0.502. The Morgan fingerprint density at radius 1 is 1.40 bits per heavy atom. The molecule has 0 spiro atoms. The van der Waals surface area contributed by atoms with Gasteiger partial charge in [0.15, 0.2) is 0 Å². The van der Waals surface area contributed by atoms with Crippen LogP contribution in [0, 0.1) is 11.7 Å². The van der Waals surface area contributed by atoms with Gasteiger partial charge in [-0.1, -0.05) is 30.7 Å². The van der Waals surface area contributed by atoms with Crippen molar-refractivity contribution in [3.8, 4) is 0 Å². The number of nitrogens with one attached hydrogen (secondary N) is 1. The number of halogens is 2. The normalized spacial score (nSPS) is 27.8. The maximum atomic E-state index is 13.6. The Bertz CT molecular complexity index is 476. The molecular weight excluding hydrogens is 275 g/mol. The molecule has 1 heterocycles. The molecule has 20 heavy (non-hydrogen) atoms. The lowest BCUT2D eigenvalue weighted by molar-refractivity contribution is 0.106. The second-order valence-corrected chi connectivity index (χ2v) is 6.44. The van der Waals surface area contributed by atoms with Gasteiger partial charge in [0.25, 0.3) is 0 Å². The second kappa shape index (κ2) is 6.00. The Balaban J connectivity index is 1.76. The molecule has 1 N–H and O–H groups in total. The van der Waals surface area contributed by atoms with Crippen LogP contribution in [0.5, 0.6) is 0 Å². The maximum absolute atomic E-state index is 13.6. The van der Waals surface area contributed by atoms with Crippen molar-refractivity contribution in [1.82, 2.24) is 10.2 Å². The van der Waals surface area contributed by atoms with E-state index in [-0.39, 0.29) is 10.8 Å². The number of hydrogen-bond acceptors (Lipinski definition) is 2. The summed E-state index contributed by atoms with van der Waals surface area (Å²) in [5.41, 5.74) is 0.911. The highest BCUT2D eigenvalue weighted by Crippen LogP contribution is 2.37. The zero-order chi connectivity index (χ0) is 14.1. The standard InChI is InChI=1S/C16H22ClFN2/c1-2-13-10-20(15(8-19-13)11-6-7-11)9-12-4-3-5-14(18)16(12)17/h3-5,11,13,15,19H,2,6-10H2,1H3. The van der Waals surface area contributed by atoms with E-state index in [2.05, 4.69) is 17.1 Å². The first-order valence-corrected chi connectivity index (χ1v) is 7.97. The highest BCUT2D eigenvalue weighted by molar-refractivity contribution is 6.31. The minimum atomic E-state index is -0.311. The quantitative estimate of drug-likeness (QED) is 0.915. The number of hydrogen-bond donors (Lipinski definition) is 1. The average Bonchev–Trinajstić information content (AvgIpc) is 3.28. The van der Waals surface area contributed by atoms with Gasteiger partial charge in [-0.15, -0.1) is 0 Å².